The van der Waals surface area contributed by atoms with E-state index in [1.165, 1.54) is 6.92 Å². The van der Waals surface area contributed by atoms with E-state index in [-0.39, 0.29) is 12.5 Å². The van der Waals surface area contributed by atoms with Crippen molar-refractivity contribution in [2.45, 2.75) is 25.3 Å². The van der Waals surface area contributed by atoms with Gasteiger partial charge in [-0.1, -0.05) is 24.3 Å². The van der Waals surface area contributed by atoms with E-state index in [1.54, 1.807) is 24.3 Å². The summed E-state index contributed by atoms with van der Waals surface area (Å²) in [5.41, 5.74) is 1.86. The number of aryl methyl sites for hydroxylation is 1. The molecule has 1 fully saturated rings. The predicted octanol–water partition coefficient (Wildman–Crippen LogP) is 1.98. The zero-order valence-electron chi connectivity index (χ0n) is 15.8. The number of hydrogen-bond donors (Lipinski definition) is 3. The average Bonchev–Trinajstić information content (AvgIpc) is 3.17. The summed E-state index contributed by atoms with van der Waals surface area (Å²) in [6.45, 7) is 1.03. The summed E-state index contributed by atoms with van der Waals surface area (Å²) in [6.07, 6.45) is 1.18. The molecule has 148 valence electrons. The molecule has 2 aromatic carbocycles. The number of nitrogens with one attached hydrogen (secondary N) is 3. The van der Waals surface area contributed by atoms with Gasteiger partial charge < -0.3 is 16.0 Å². The van der Waals surface area contributed by atoms with Crippen LogP contribution in [0.1, 0.15) is 24.5 Å². The number of amides is 5. The normalized spacial score (nSPS) is 19.8. The zero-order chi connectivity index (χ0) is 20.6. The highest BCUT2D eigenvalue weighted by Gasteiger charge is 2.55. The lowest BCUT2D eigenvalue weighted by molar-refractivity contribution is -0.134. The van der Waals surface area contributed by atoms with Gasteiger partial charge in [0.15, 0.2) is 0 Å². The first kappa shape index (κ1) is 18.7. The highest BCUT2D eigenvalue weighted by molar-refractivity contribution is 6.11. The van der Waals surface area contributed by atoms with Gasteiger partial charge in [0.2, 0.25) is 11.8 Å². The van der Waals surface area contributed by atoms with Crippen molar-refractivity contribution in [3.05, 3.63) is 59.7 Å². The van der Waals surface area contributed by atoms with Crippen LogP contribution >= 0.6 is 0 Å². The first-order valence-electron chi connectivity index (χ1n) is 9.29. The molecule has 2 aliphatic rings. The number of imide groups is 1. The largest absolute Gasteiger partial charge is 0.326 e. The number of nitrogens with zero attached hydrogens (tertiary/aromatic N) is 1. The van der Waals surface area contributed by atoms with Crippen LogP contribution in [0.2, 0.25) is 0 Å². The summed E-state index contributed by atoms with van der Waals surface area (Å²) in [7, 11) is 0. The van der Waals surface area contributed by atoms with Crippen LogP contribution in [-0.2, 0) is 26.3 Å². The Bertz CT molecular complexity index is 1020. The van der Waals surface area contributed by atoms with Crippen LogP contribution < -0.4 is 16.0 Å². The molecule has 3 N–H and O–H groups in total. The topological polar surface area (TPSA) is 108 Å². The van der Waals surface area contributed by atoms with E-state index < -0.39 is 23.4 Å². The monoisotopic (exact) mass is 392 g/mol. The lowest BCUT2D eigenvalue weighted by atomic mass is 9.92. The summed E-state index contributed by atoms with van der Waals surface area (Å²) < 4.78 is 0. The quantitative estimate of drug-likeness (QED) is 0.692. The van der Waals surface area contributed by atoms with Gasteiger partial charge in [0.25, 0.3) is 5.91 Å². The number of benzene rings is 2. The van der Waals surface area contributed by atoms with E-state index >= 15 is 0 Å². The average molecular weight is 392 g/mol. The van der Waals surface area contributed by atoms with Gasteiger partial charge in [-0.05, 0) is 48.2 Å². The number of urea groups is 1. The van der Waals surface area contributed by atoms with E-state index in [2.05, 4.69) is 16.0 Å². The minimum absolute atomic E-state index is 0.192. The van der Waals surface area contributed by atoms with Gasteiger partial charge in [0.1, 0.15) is 12.1 Å². The van der Waals surface area contributed by atoms with E-state index in [4.69, 9.17) is 0 Å². The molecule has 0 aromatic heterocycles. The first-order valence-corrected chi connectivity index (χ1v) is 9.29. The van der Waals surface area contributed by atoms with E-state index in [0.717, 1.165) is 16.0 Å². The number of rotatable bonds is 4. The minimum Gasteiger partial charge on any atom is -0.326 e. The Kier molecular flexibility index (Phi) is 4.54. The molecule has 1 aliphatic carbocycles. The number of hydrogen-bond acceptors (Lipinski definition) is 4. The van der Waals surface area contributed by atoms with Crippen LogP contribution in [0, 0.1) is 0 Å². The van der Waals surface area contributed by atoms with Gasteiger partial charge in [0.05, 0.1) is 0 Å². The summed E-state index contributed by atoms with van der Waals surface area (Å²) in [4.78, 5) is 50.0. The highest BCUT2D eigenvalue weighted by atomic mass is 16.2. The predicted molar refractivity (Wildman–Crippen MR) is 106 cm³/mol. The molecule has 4 rings (SSSR count). The lowest BCUT2D eigenvalue weighted by Gasteiger charge is -2.22. The van der Waals surface area contributed by atoms with Gasteiger partial charge in [-0.15, -0.1) is 0 Å². The van der Waals surface area contributed by atoms with Crippen molar-refractivity contribution in [2.24, 2.45) is 0 Å². The summed E-state index contributed by atoms with van der Waals surface area (Å²) in [6, 6.07) is 13.5. The Morgan fingerprint density at radius 3 is 2.38 bits per heavy atom. The van der Waals surface area contributed by atoms with Crippen molar-refractivity contribution in [1.82, 2.24) is 10.2 Å². The Labute approximate surface area is 167 Å². The molecule has 0 saturated carbocycles. The SMILES string of the molecule is CC(=O)Nc1ccc(NC(=O)CN2C(=O)N[C@@]3(CCc4ccccc43)C2=O)cc1. The number of anilines is 2. The second-order valence-corrected chi connectivity index (χ2v) is 7.19. The number of carbonyl (C=O) groups is 4. The van der Waals surface area contributed by atoms with Crippen LogP contribution in [0.15, 0.2) is 48.5 Å². The second-order valence-electron chi connectivity index (χ2n) is 7.19. The van der Waals surface area contributed by atoms with E-state index in [0.29, 0.717) is 24.2 Å². The molecule has 1 saturated heterocycles. The third-order valence-electron chi connectivity index (χ3n) is 5.21. The Hall–Kier alpha value is -3.68. The van der Waals surface area contributed by atoms with Gasteiger partial charge in [-0.3, -0.25) is 19.3 Å². The van der Waals surface area contributed by atoms with E-state index in [1.807, 2.05) is 24.3 Å². The Balaban J connectivity index is 1.45. The van der Waals surface area contributed by atoms with Crippen LogP contribution in [-0.4, -0.2) is 35.2 Å². The molecule has 5 amide bonds. The van der Waals surface area contributed by atoms with Crippen molar-refractivity contribution in [3.63, 3.8) is 0 Å². The maximum Gasteiger partial charge on any atom is 0.325 e. The Morgan fingerprint density at radius 2 is 1.69 bits per heavy atom. The maximum absolute atomic E-state index is 13.1. The number of fused-ring (bicyclic) bond motifs is 2. The van der Waals surface area contributed by atoms with Gasteiger partial charge >= 0.3 is 6.03 Å². The molecule has 0 radical (unpaired) electrons. The fourth-order valence-electron chi connectivity index (χ4n) is 3.92. The maximum atomic E-state index is 13.1. The molecule has 2 aromatic rings. The molecule has 1 aliphatic heterocycles. The third kappa shape index (κ3) is 3.33. The molecular formula is C21H20N4O4. The standard InChI is InChI=1S/C21H20N4O4/c1-13(26)22-15-6-8-16(9-7-15)23-18(27)12-25-19(28)21(24-20(25)29)11-10-14-4-2-3-5-17(14)21/h2-9H,10-12H2,1H3,(H,22,26)(H,23,27)(H,24,29)/t21-/m1/s1. The fourth-order valence-corrected chi connectivity index (χ4v) is 3.92. The van der Waals surface area contributed by atoms with Crippen molar-refractivity contribution in [2.75, 3.05) is 17.2 Å². The van der Waals surface area contributed by atoms with Crippen LogP contribution in [0.5, 0.6) is 0 Å². The highest BCUT2D eigenvalue weighted by Crippen LogP contribution is 2.41. The van der Waals surface area contributed by atoms with Crippen LogP contribution in [0.4, 0.5) is 16.2 Å². The zero-order valence-corrected chi connectivity index (χ0v) is 15.8. The molecule has 8 heteroatoms. The van der Waals surface area contributed by atoms with Crippen molar-refractivity contribution in [1.29, 1.82) is 0 Å². The Morgan fingerprint density at radius 1 is 1.03 bits per heavy atom. The van der Waals surface area contributed by atoms with Crippen molar-refractivity contribution < 1.29 is 19.2 Å². The second kappa shape index (κ2) is 7.05. The molecule has 8 nitrogen and oxygen atoms in total. The smallest absolute Gasteiger partial charge is 0.325 e. The minimum atomic E-state index is -1.08. The van der Waals surface area contributed by atoms with E-state index in [9.17, 15) is 19.2 Å². The molecule has 1 spiro atoms. The van der Waals surface area contributed by atoms with Gasteiger partial charge in [-0.25, -0.2) is 4.79 Å². The number of carbonyl (C=O) groups excluding carboxylic acids is 4. The molecule has 29 heavy (non-hydrogen) atoms. The molecule has 1 atom stereocenters. The molecular weight excluding hydrogens is 372 g/mol. The fraction of sp³-hybridized carbons (Fsp3) is 0.238. The molecule has 1 heterocycles. The van der Waals surface area contributed by atoms with Crippen LogP contribution in [0.3, 0.4) is 0 Å². The molecule has 0 unspecified atom stereocenters. The van der Waals surface area contributed by atoms with Crippen molar-refractivity contribution in [3.8, 4) is 0 Å². The third-order valence-corrected chi connectivity index (χ3v) is 5.21. The lowest BCUT2D eigenvalue weighted by Crippen LogP contribution is -2.42. The van der Waals surface area contributed by atoms with Crippen LogP contribution in [0.25, 0.3) is 0 Å². The summed E-state index contributed by atoms with van der Waals surface area (Å²) in [5.74, 6) is -1.07. The summed E-state index contributed by atoms with van der Waals surface area (Å²) in [5, 5.41) is 8.09. The van der Waals surface area contributed by atoms with Crippen molar-refractivity contribution >= 4 is 35.1 Å². The molecule has 0 bridgehead atoms. The van der Waals surface area contributed by atoms with Gasteiger partial charge in [0, 0.05) is 18.3 Å². The van der Waals surface area contributed by atoms with Gasteiger partial charge in [-0.2, -0.15) is 0 Å². The summed E-state index contributed by atoms with van der Waals surface area (Å²) >= 11 is 0. The first-order chi connectivity index (χ1) is 13.9.